The Morgan fingerprint density at radius 1 is 1.26 bits per heavy atom. The first-order valence-corrected chi connectivity index (χ1v) is 8.24. The van der Waals surface area contributed by atoms with Crippen molar-refractivity contribution >= 4 is 17.5 Å². The Balaban J connectivity index is 1.61. The highest BCUT2D eigenvalue weighted by molar-refractivity contribution is 6.32. The summed E-state index contributed by atoms with van der Waals surface area (Å²) in [7, 11) is 0. The van der Waals surface area contributed by atoms with E-state index < -0.39 is 0 Å². The van der Waals surface area contributed by atoms with Gasteiger partial charge in [-0.05, 0) is 48.9 Å². The Morgan fingerprint density at radius 2 is 2.00 bits per heavy atom. The second-order valence-corrected chi connectivity index (χ2v) is 6.42. The van der Waals surface area contributed by atoms with Crippen molar-refractivity contribution in [2.75, 3.05) is 6.61 Å². The van der Waals surface area contributed by atoms with E-state index in [-0.39, 0.29) is 18.6 Å². The number of nitrogens with one attached hydrogen (secondary N) is 1. The average molecular weight is 330 g/mol. The summed E-state index contributed by atoms with van der Waals surface area (Å²) >= 11 is 6.09. The number of ether oxygens (including phenoxy) is 1. The first kappa shape index (κ1) is 15.9. The highest BCUT2D eigenvalue weighted by Crippen LogP contribution is 2.40. The average Bonchev–Trinajstić information content (AvgIpc) is 3.39. The van der Waals surface area contributed by atoms with Gasteiger partial charge in [0.2, 0.25) is 0 Å². The second kappa shape index (κ2) is 7.05. The van der Waals surface area contributed by atoms with E-state index in [2.05, 4.69) is 17.4 Å². The molecule has 1 N–H and O–H groups in total. The number of benzene rings is 2. The molecule has 0 heterocycles. The molecule has 1 saturated carbocycles. The van der Waals surface area contributed by atoms with E-state index in [4.69, 9.17) is 16.3 Å². The fourth-order valence-corrected chi connectivity index (χ4v) is 2.81. The van der Waals surface area contributed by atoms with Crippen molar-refractivity contribution in [1.29, 1.82) is 0 Å². The molecule has 1 atom stereocenters. The Morgan fingerprint density at radius 3 is 2.70 bits per heavy atom. The largest absolute Gasteiger partial charge is 0.482 e. The number of aryl methyl sites for hydroxylation is 1. The van der Waals surface area contributed by atoms with Crippen LogP contribution in [0.2, 0.25) is 5.02 Å². The van der Waals surface area contributed by atoms with E-state index in [0.717, 1.165) is 24.0 Å². The Hall–Kier alpha value is -2.00. The van der Waals surface area contributed by atoms with Crippen LogP contribution < -0.4 is 10.1 Å². The van der Waals surface area contributed by atoms with E-state index in [1.807, 2.05) is 37.3 Å². The van der Waals surface area contributed by atoms with Crippen LogP contribution in [0.25, 0.3) is 0 Å². The molecule has 1 aliphatic carbocycles. The van der Waals surface area contributed by atoms with Gasteiger partial charge in [-0.1, -0.05) is 48.0 Å². The molecule has 120 valence electrons. The first-order chi connectivity index (χ1) is 11.1. The zero-order chi connectivity index (χ0) is 16.2. The number of carbonyl (C=O) groups is 1. The second-order valence-electron chi connectivity index (χ2n) is 6.02. The zero-order valence-corrected chi connectivity index (χ0v) is 13.8. The molecule has 3 nitrogen and oxygen atoms in total. The molecular formula is C19H20ClNO2. The molecule has 0 aromatic heterocycles. The van der Waals surface area contributed by atoms with Gasteiger partial charge in [-0.2, -0.15) is 0 Å². The first-order valence-electron chi connectivity index (χ1n) is 7.87. The van der Waals surface area contributed by atoms with E-state index in [9.17, 15) is 4.79 Å². The van der Waals surface area contributed by atoms with Gasteiger partial charge >= 0.3 is 0 Å². The lowest BCUT2D eigenvalue weighted by atomic mass is 10.0. The Bertz CT molecular complexity index is 683. The van der Waals surface area contributed by atoms with Gasteiger partial charge in [-0.3, -0.25) is 4.79 Å². The van der Waals surface area contributed by atoms with Crippen molar-refractivity contribution in [1.82, 2.24) is 5.32 Å². The number of carbonyl (C=O) groups excluding carboxylic acids is 1. The minimum Gasteiger partial charge on any atom is -0.482 e. The molecule has 1 amide bonds. The van der Waals surface area contributed by atoms with Crippen LogP contribution in [0.5, 0.6) is 5.75 Å². The molecule has 23 heavy (non-hydrogen) atoms. The van der Waals surface area contributed by atoms with Crippen molar-refractivity contribution in [3.8, 4) is 5.75 Å². The molecule has 2 aromatic rings. The molecule has 1 fully saturated rings. The quantitative estimate of drug-likeness (QED) is 0.858. The van der Waals surface area contributed by atoms with Gasteiger partial charge in [0.25, 0.3) is 5.91 Å². The third-order valence-electron chi connectivity index (χ3n) is 4.01. The number of rotatable bonds is 6. The Labute approximate surface area is 141 Å². The molecule has 0 radical (unpaired) electrons. The summed E-state index contributed by atoms with van der Waals surface area (Å²) in [6.45, 7) is 1.93. The minimum atomic E-state index is -0.122. The van der Waals surface area contributed by atoms with Gasteiger partial charge < -0.3 is 10.1 Å². The van der Waals surface area contributed by atoms with Gasteiger partial charge in [0.1, 0.15) is 5.75 Å². The van der Waals surface area contributed by atoms with Crippen LogP contribution in [-0.4, -0.2) is 12.5 Å². The summed E-state index contributed by atoms with van der Waals surface area (Å²) in [5.41, 5.74) is 2.20. The lowest BCUT2D eigenvalue weighted by Gasteiger charge is -2.19. The molecular weight excluding hydrogens is 310 g/mol. The molecule has 2 aromatic carbocycles. The summed E-state index contributed by atoms with van der Waals surface area (Å²) in [4.78, 5) is 12.2. The van der Waals surface area contributed by atoms with E-state index in [1.54, 1.807) is 6.07 Å². The fraction of sp³-hybridized carbons (Fsp3) is 0.316. The topological polar surface area (TPSA) is 38.3 Å². The van der Waals surface area contributed by atoms with E-state index >= 15 is 0 Å². The van der Waals surface area contributed by atoms with Crippen LogP contribution in [0.1, 0.15) is 30.0 Å². The lowest BCUT2D eigenvalue weighted by Crippen LogP contribution is -2.33. The van der Waals surface area contributed by atoms with Gasteiger partial charge in [-0.15, -0.1) is 0 Å². The maximum absolute atomic E-state index is 12.2. The van der Waals surface area contributed by atoms with Crippen molar-refractivity contribution < 1.29 is 9.53 Å². The van der Waals surface area contributed by atoms with Gasteiger partial charge in [0.15, 0.2) is 6.61 Å². The summed E-state index contributed by atoms with van der Waals surface area (Å²) in [6.07, 6.45) is 2.31. The van der Waals surface area contributed by atoms with Crippen molar-refractivity contribution in [3.63, 3.8) is 0 Å². The molecule has 0 bridgehead atoms. The fourth-order valence-electron chi connectivity index (χ4n) is 2.64. The molecule has 0 aliphatic heterocycles. The maximum Gasteiger partial charge on any atom is 0.258 e. The van der Waals surface area contributed by atoms with Gasteiger partial charge in [0.05, 0.1) is 11.1 Å². The molecule has 4 heteroatoms. The maximum atomic E-state index is 12.2. The monoisotopic (exact) mass is 329 g/mol. The zero-order valence-electron chi connectivity index (χ0n) is 13.1. The Kier molecular flexibility index (Phi) is 4.87. The minimum absolute atomic E-state index is 0.0285. The van der Waals surface area contributed by atoms with Crippen LogP contribution in [0.4, 0.5) is 0 Å². The summed E-state index contributed by atoms with van der Waals surface area (Å²) in [5, 5.41) is 3.61. The lowest BCUT2D eigenvalue weighted by molar-refractivity contribution is -0.124. The molecule has 0 spiro atoms. The smallest absolute Gasteiger partial charge is 0.258 e. The predicted molar refractivity (Wildman–Crippen MR) is 91.7 cm³/mol. The third-order valence-corrected chi connectivity index (χ3v) is 4.33. The van der Waals surface area contributed by atoms with Crippen LogP contribution in [0, 0.1) is 12.8 Å². The third kappa shape index (κ3) is 4.26. The van der Waals surface area contributed by atoms with Crippen LogP contribution in [0.15, 0.2) is 48.5 Å². The summed E-state index contributed by atoms with van der Waals surface area (Å²) in [5.74, 6) is 0.955. The molecule has 0 saturated heterocycles. The molecule has 3 rings (SSSR count). The van der Waals surface area contributed by atoms with Crippen molar-refractivity contribution in [3.05, 3.63) is 64.7 Å². The number of hydrogen-bond acceptors (Lipinski definition) is 2. The van der Waals surface area contributed by atoms with Gasteiger partial charge in [0, 0.05) is 0 Å². The highest BCUT2D eigenvalue weighted by Gasteiger charge is 2.33. The number of amides is 1. The number of halogens is 1. The van der Waals surface area contributed by atoms with E-state index in [1.165, 1.54) is 0 Å². The molecule has 1 unspecified atom stereocenters. The van der Waals surface area contributed by atoms with Crippen molar-refractivity contribution in [2.24, 2.45) is 5.92 Å². The highest BCUT2D eigenvalue weighted by atomic mass is 35.5. The van der Waals surface area contributed by atoms with Crippen LogP contribution in [-0.2, 0) is 4.79 Å². The normalized spacial score (nSPS) is 15.0. The standard InChI is InChI=1S/C19H20ClNO2/c1-13-7-10-16(20)17(11-13)23-12-18(22)21-19(15-8-9-15)14-5-3-2-4-6-14/h2-7,10-11,15,19H,8-9,12H2,1H3,(H,21,22). The van der Waals surface area contributed by atoms with Crippen LogP contribution >= 0.6 is 11.6 Å². The van der Waals surface area contributed by atoms with Crippen molar-refractivity contribution in [2.45, 2.75) is 25.8 Å². The van der Waals surface area contributed by atoms with Gasteiger partial charge in [-0.25, -0.2) is 0 Å². The summed E-state index contributed by atoms with van der Waals surface area (Å²) in [6, 6.07) is 15.7. The predicted octanol–water partition coefficient (Wildman–Crippen LogP) is 4.29. The van der Waals surface area contributed by atoms with E-state index in [0.29, 0.717) is 16.7 Å². The number of hydrogen-bond donors (Lipinski definition) is 1. The molecule has 1 aliphatic rings. The SMILES string of the molecule is Cc1ccc(Cl)c(OCC(=O)NC(c2ccccc2)C2CC2)c1. The van der Waals surface area contributed by atoms with Crippen LogP contribution in [0.3, 0.4) is 0 Å². The summed E-state index contributed by atoms with van der Waals surface area (Å²) < 4.78 is 5.57.